The highest BCUT2D eigenvalue weighted by Crippen LogP contribution is 2.18. The predicted molar refractivity (Wildman–Crippen MR) is 120 cm³/mol. The number of hydrogen-bond acceptors (Lipinski definition) is 3. The number of benzene rings is 3. The molecule has 0 fully saturated rings. The number of rotatable bonds is 8. The molecule has 0 heterocycles. The first kappa shape index (κ1) is 21.3. The fourth-order valence-electron chi connectivity index (χ4n) is 3.16. The van der Waals surface area contributed by atoms with Crippen LogP contribution in [0.25, 0.3) is 6.08 Å². The molecule has 0 aromatic heterocycles. The molecule has 3 heteroatoms. The molecule has 0 aliphatic heterocycles. The van der Waals surface area contributed by atoms with Crippen molar-refractivity contribution in [3.63, 3.8) is 0 Å². The third kappa shape index (κ3) is 5.77. The van der Waals surface area contributed by atoms with Gasteiger partial charge in [0.25, 0.3) is 0 Å². The van der Waals surface area contributed by atoms with Crippen LogP contribution < -0.4 is 0 Å². The van der Waals surface area contributed by atoms with E-state index in [4.69, 9.17) is 4.74 Å². The normalized spacial score (nSPS) is 12.1. The Morgan fingerprint density at radius 2 is 1.47 bits per heavy atom. The minimum Gasteiger partial charge on any atom is -0.460 e. The van der Waals surface area contributed by atoms with E-state index in [9.17, 15) is 9.59 Å². The zero-order valence-corrected chi connectivity index (χ0v) is 17.3. The van der Waals surface area contributed by atoms with E-state index in [1.165, 1.54) is 0 Å². The summed E-state index contributed by atoms with van der Waals surface area (Å²) in [5, 5.41) is 0. The minimum absolute atomic E-state index is 0.0466. The molecule has 152 valence electrons. The Labute approximate surface area is 178 Å². The maximum atomic E-state index is 12.7. The predicted octanol–water partition coefficient (Wildman–Crippen LogP) is 5.95. The average molecular weight is 399 g/mol. The van der Waals surface area contributed by atoms with Crippen LogP contribution in [0.3, 0.4) is 0 Å². The number of esters is 1. The molecule has 0 saturated heterocycles. The Bertz CT molecular complexity index is 1000. The molecule has 30 heavy (non-hydrogen) atoms. The van der Waals surface area contributed by atoms with Gasteiger partial charge in [0.1, 0.15) is 6.61 Å². The first-order valence-corrected chi connectivity index (χ1v) is 10.1. The molecule has 0 N–H and O–H groups in total. The first-order valence-electron chi connectivity index (χ1n) is 10.1. The maximum absolute atomic E-state index is 12.7. The van der Waals surface area contributed by atoms with Crippen molar-refractivity contribution in [3.05, 3.63) is 113 Å². The van der Waals surface area contributed by atoms with Crippen molar-refractivity contribution in [2.75, 3.05) is 0 Å². The molecule has 3 nitrogen and oxygen atoms in total. The Morgan fingerprint density at radius 3 is 2.13 bits per heavy atom. The molecule has 0 bridgehead atoms. The highest BCUT2D eigenvalue weighted by atomic mass is 16.5. The monoisotopic (exact) mass is 398 g/mol. The van der Waals surface area contributed by atoms with Gasteiger partial charge in [0.05, 0.1) is 5.92 Å². The smallest absolute Gasteiger partial charge is 0.313 e. The summed E-state index contributed by atoms with van der Waals surface area (Å²) in [6.45, 7) is 4.14. The van der Waals surface area contributed by atoms with Crippen LogP contribution in [-0.2, 0) is 16.1 Å². The second kappa shape index (κ2) is 10.4. The summed E-state index contributed by atoms with van der Waals surface area (Å²) in [4.78, 5) is 25.3. The summed E-state index contributed by atoms with van der Waals surface area (Å²) >= 11 is 0. The van der Waals surface area contributed by atoms with Gasteiger partial charge < -0.3 is 4.74 Å². The van der Waals surface area contributed by atoms with Gasteiger partial charge in [-0.15, -0.1) is 0 Å². The average Bonchev–Trinajstić information content (AvgIpc) is 2.78. The molecule has 0 amide bonds. The fraction of sp³-hybridized carbons (Fsp3) is 0.185. The van der Waals surface area contributed by atoms with E-state index in [1.54, 1.807) is 24.3 Å². The van der Waals surface area contributed by atoms with E-state index in [-0.39, 0.29) is 30.2 Å². The van der Waals surface area contributed by atoms with E-state index in [1.807, 2.05) is 86.7 Å². The third-order valence-electron chi connectivity index (χ3n) is 4.89. The van der Waals surface area contributed by atoms with Gasteiger partial charge in [-0.05, 0) is 23.1 Å². The van der Waals surface area contributed by atoms with Gasteiger partial charge in [0, 0.05) is 11.1 Å². The summed E-state index contributed by atoms with van der Waals surface area (Å²) in [7, 11) is 0. The topological polar surface area (TPSA) is 43.4 Å². The van der Waals surface area contributed by atoms with Crippen LogP contribution in [0.15, 0.2) is 91.0 Å². The Hall–Kier alpha value is -3.46. The number of hydrogen-bond donors (Lipinski definition) is 0. The lowest BCUT2D eigenvalue weighted by atomic mass is 9.95. The van der Waals surface area contributed by atoms with Crippen molar-refractivity contribution >= 4 is 17.8 Å². The van der Waals surface area contributed by atoms with Crippen LogP contribution in [0.2, 0.25) is 0 Å². The first-order chi connectivity index (χ1) is 14.5. The van der Waals surface area contributed by atoms with Gasteiger partial charge in [-0.25, -0.2) is 0 Å². The van der Waals surface area contributed by atoms with Crippen molar-refractivity contribution < 1.29 is 14.3 Å². The summed E-state index contributed by atoms with van der Waals surface area (Å²) in [6.07, 6.45) is 3.85. The molecule has 0 saturated carbocycles. The molecule has 3 aromatic rings. The molecule has 0 aliphatic carbocycles. The van der Waals surface area contributed by atoms with Gasteiger partial charge in [-0.1, -0.05) is 105 Å². The summed E-state index contributed by atoms with van der Waals surface area (Å²) < 4.78 is 5.58. The van der Waals surface area contributed by atoms with Crippen LogP contribution >= 0.6 is 0 Å². The van der Waals surface area contributed by atoms with E-state index in [0.717, 1.165) is 11.1 Å². The van der Waals surface area contributed by atoms with E-state index in [0.29, 0.717) is 11.1 Å². The van der Waals surface area contributed by atoms with Crippen LogP contribution in [0.4, 0.5) is 0 Å². The number of ether oxygens (including phenoxy) is 1. The molecular formula is C27H26O3. The maximum Gasteiger partial charge on any atom is 0.313 e. The molecule has 0 spiro atoms. The molecular weight excluding hydrogens is 372 g/mol. The summed E-state index contributed by atoms with van der Waals surface area (Å²) in [5.74, 6) is -0.533. The standard InChI is InChI=1S/C27H26O3/c1-20(2)25(17-16-21-10-5-3-6-11-21)27(29)30-19-22-12-9-15-24(18-22)26(28)23-13-7-4-8-14-23/h3-18,20,25H,19H2,1-2H3. The van der Waals surface area contributed by atoms with Gasteiger partial charge >= 0.3 is 5.97 Å². The molecule has 1 unspecified atom stereocenters. The van der Waals surface area contributed by atoms with E-state index >= 15 is 0 Å². The van der Waals surface area contributed by atoms with Gasteiger partial charge in [-0.2, -0.15) is 0 Å². The number of ketones is 1. The van der Waals surface area contributed by atoms with Crippen molar-refractivity contribution in [2.24, 2.45) is 11.8 Å². The summed E-state index contributed by atoms with van der Waals surface area (Å²) in [5.41, 5.74) is 3.06. The number of carbonyl (C=O) groups is 2. The van der Waals surface area contributed by atoms with Gasteiger partial charge in [0.15, 0.2) is 5.78 Å². The van der Waals surface area contributed by atoms with E-state index in [2.05, 4.69) is 0 Å². The zero-order chi connectivity index (χ0) is 21.3. The van der Waals surface area contributed by atoms with Crippen LogP contribution in [0, 0.1) is 11.8 Å². The zero-order valence-electron chi connectivity index (χ0n) is 17.3. The highest BCUT2D eigenvalue weighted by Gasteiger charge is 2.21. The second-order valence-electron chi connectivity index (χ2n) is 7.54. The Morgan fingerprint density at radius 1 is 0.833 bits per heavy atom. The lowest BCUT2D eigenvalue weighted by molar-refractivity contribution is -0.149. The molecule has 1 atom stereocenters. The molecule has 0 radical (unpaired) electrons. The Balaban J connectivity index is 1.65. The lowest BCUT2D eigenvalue weighted by Gasteiger charge is -2.16. The minimum atomic E-state index is -0.334. The van der Waals surface area contributed by atoms with Crippen molar-refractivity contribution in [1.29, 1.82) is 0 Å². The third-order valence-corrected chi connectivity index (χ3v) is 4.89. The largest absolute Gasteiger partial charge is 0.460 e. The molecule has 3 aromatic carbocycles. The highest BCUT2D eigenvalue weighted by molar-refractivity contribution is 6.09. The van der Waals surface area contributed by atoms with Crippen LogP contribution in [0.5, 0.6) is 0 Å². The van der Waals surface area contributed by atoms with E-state index < -0.39 is 0 Å². The van der Waals surface area contributed by atoms with Crippen LogP contribution in [0.1, 0.15) is 40.9 Å². The van der Waals surface area contributed by atoms with Gasteiger partial charge in [-0.3, -0.25) is 9.59 Å². The van der Waals surface area contributed by atoms with Crippen molar-refractivity contribution in [3.8, 4) is 0 Å². The van der Waals surface area contributed by atoms with Crippen molar-refractivity contribution in [1.82, 2.24) is 0 Å². The second-order valence-corrected chi connectivity index (χ2v) is 7.54. The Kier molecular flexibility index (Phi) is 7.34. The molecule has 0 aliphatic rings. The molecule has 3 rings (SSSR count). The lowest BCUT2D eigenvalue weighted by Crippen LogP contribution is -2.20. The number of carbonyl (C=O) groups excluding carboxylic acids is 2. The van der Waals surface area contributed by atoms with Crippen molar-refractivity contribution in [2.45, 2.75) is 20.5 Å². The van der Waals surface area contributed by atoms with Gasteiger partial charge in [0.2, 0.25) is 0 Å². The quantitative estimate of drug-likeness (QED) is 0.348. The summed E-state index contributed by atoms with van der Waals surface area (Å²) in [6, 6.07) is 26.3. The fourth-order valence-corrected chi connectivity index (χ4v) is 3.16. The SMILES string of the molecule is CC(C)C(C=Cc1ccccc1)C(=O)OCc1cccc(C(=O)c2ccccc2)c1. The van der Waals surface area contributed by atoms with Crippen LogP contribution in [-0.4, -0.2) is 11.8 Å².